The Balaban J connectivity index is 2.37. The minimum absolute atomic E-state index is 0.907. The molecule has 0 atom stereocenters. The van der Waals surface area contributed by atoms with Gasteiger partial charge in [-0.3, -0.25) is 0 Å². The Morgan fingerprint density at radius 3 is 3.00 bits per heavy atom. The normalized spacial score (nSPS) is 19.4. The molecular weight excluding hydrogens is 120 g/mol. The van der Waals surface area contributed by atoms with Crippen LogP contribution in [0.25, 0.3) is 0 Å². The second kappa shape index (κ2) is 3.02. The molecule has 1 rings (SSSR count). The van der Waals surface area contributed by atoms with Crippen molar-refractivity contribution in [2.45, 2.75) is 12.8 Å². The standard InChI is InChI=1S/C6H10OS/c1-8-6-3-2-4-7-5-6/h5H,2-4H2,1H3. The third-order valence-corrected chi connectivity index (χ3v) is 1.99. The van der Waals surface area contributed by atoms with Gasteiger partial charge in [0, 0.05) is 4.91 Å². The number of rotatable bonds is 1. The molecule has 0 bridgehead atoms. The van der Waals surface area contributed by atoms with Crippen LogP contribution in [0.15, 0.2) is 11.2 Å². The predicted octanol–water partition coefficient (Wildman–Crippen LogP) is 2.00. The lowest BCUT2D eigenvalue weighted by atomic mass is 10.3. The summed E-state index contributed by atoms with van der Waals surface area (Å²) >= 11 is 1.78. The van der Waals surface area contributed by atoms with Crippen LogP contribution >= 0.6 is 11.8 Å². The molecule has 0 saturated carbocycles. The molecule has 0 aromatic heterocycles. The average molecular weight is 130 g/mol. The first-order valence-electron chi connectivity index (χ1n) is 2.78. The van der Waals surface area contributed by atoms with Gasteiger partial charge in [0.05, 0.1) is 12.9 Å². The number of thioether (sulfide) groups is 1. The molecule has 2 heteroatoms. The van der Waals surface area contributed by atoms with E-state index in [0.717, 1.165) is 6.61 Å². The third kappa shape index (κ3) is 1.44. The van der Waals surface area contributed by atoms with E-state index in [-0.39, 0.29) is 0 Å². The van der Waals surface area contributed by atoms with Crippen LogP contribution in [-0.4, -0.2) is 12.9 Å². The zero-order valence-corrected chi connectivity index (χ0v) is 5.83. The first kappa shape index (κ1) is 6.02. The molecule has 1 nitrogen and oxygen atoms in total. The lowest BCUT2D eigenvalue weighted by molar-refractivity contribution is 0.229. The smallest absolute Gasteiger partial charge is 0.0923 e. The van der Waals surface area contributed by atoms with E-state index in [1.165, 1.54) is 17.7 Å². The molecule has 0 spiro atoms. The monoisotopic (exact) mass is 130 g/mol. The van der Waals surface area contributed by atoms with Crippen LogP contribution in [0.1, 0.15) is 12.8 Å². The number of hydrogen-bond donors (Lipinski definition) is 0. The fraction of sp³-hybridized carbons (Fsp3) is 0.667. The van der Waals surface area contributed by atoms with Crippen LogP contribution < -0.4 is 0 Å². The highest BCUT2D eigenvalue weighted by Gasteiger charge is 2.00. The molecule has 1 heterocycles. The maximum atomic E-state index is 5.09. The van der Waals surface area contributed by atoms with Crippen molar-refractivity contribution in [1.29, 1.82) is 0 Å². The van der Waals surface area contributed by atoms with Crippen molar-refractivity contribution in [3.63, 3.8) is 0 Å². The van der Waals surface area contributed by atoms with Crippen molar-refractivity contribution in [3.05, 3.63) is 11.2 Å². The van der Waals surface area contributed by atoms with Gasteiger partial charge in [0.1, 0.15) is 0 Å². The Morgan fingerprint density at radius 1 is 1.75 bits per heavy atom. The van der Waals surface area contributed by atoms with Crippen molar-refractivity contribution >= 4 is 11.8 Å². The van der Waals surface area contributed by atoms with Crippen LogP contribution in [-0.2, 0) is 4.74 Å². The molecule has 1 aliphatic heterocycles. The summed E-state index contributed by atoms with van der Waals surface area (Å²) in [6, 6.07) is 0. The molecule has 1 aliphatic rings. The highest BCUT2D eigenvalue weighted by Crippen LogP contribution is 2.20. The molecule has 8 heavy (non-hydrogen) atoms. The Bertz CT molecular complexity index is 98.7. The Morgan fingerprint density at radius 2 is 2.62 bits per heavy atom. The summed E-state index contributed by atoms with van der Waals surface area (Å²) in [5.41, 5.74) is 0. The van der Waals surface area contributed by atoms with Crippen molar-refractivity contribution < 1.29 is 4.74 Å². The summed E-state index contributed by atoms with van der Waals surface area (Å²) in [6.45, 7) is 0.907. The van der Waals surface area contributed by atoms with Gasteiger partial charge in [-0.25, -0.2) is 0 Å². The molecule has 0 aromatic carbocycles. The van der Waals surface area contributed by atoms with Crippen LogP contribution in [0.4, 0.5) is 0 Å². The fourth-order valence-corrected chi connectivity index (χ4v) is 1.20. The van der Waals surface area contributed by atoms with Gasteiger partial charge in [-0.1, -0.05) is 0 Å². The van der Waals surface area contributed by atoms with Crippen molar-refractivity contribution in [2.24, 2.45) is 0 Å². The molecule has 0 radical (unpaired) electrons. The van der Waals surface area contributed by atoms with Gasteiger partial charge in [0.15, 0.2) is 0 Å². The van der Waals surface area contributed by atoms with Gasteiger partial charge >= 0.3 is 0 Å². The molecule has 0 N–H and O–H groups in total. The lowest BCUT2D eigenvalue weighted by Gasteiger charge is -2.10. The zero-order chi connectivity index (χ0) is 5.82. The minimum Gasteiger partial charge on any atom is -0.500 e. The highest BCUT2D eigenvalue weighted by molar-refractivity contribution is 8.02. The molecule has 0 aliphatic carbocycles. The summed E-state index contributed by atoms with van der Waals surface area (Å²) in [5.74, 6) is 0. The highest BCUT2D eigenvalue weighted by atomic mass is 32.2. The van der Waals surface area contributed by atoms with Crippen LogP contribution in [0, 0.1) is 0 Å². The van der Waals surface area contributed by atoms with E-state index in [4.69, 9.17) is 4.74 Å². The molecule has 0 unspecified atom stereocenters. The van der Waals surface area contributed by atoms with E-state index in [1.54, 1.807) is 11.8 Å². The molecule has 0 aromatic rings. The average Bonchev–Trinajstić information content (AvgIpc) is 1.90. The first-order valence-corrected chi connectivity index (χ1v) is 4.00. The van der Waals surface area contributed by atoms with Crippen molar-refractivity contribution in [2.75, 3.05) is 12.9 Å². The van der Waals surface area contributed by atoms with Crippen molar-refractivity contribution in [1.82, 2.24) is 0 Å². The van der Waals surface area contributed by atoms with Gasteiger partial charge in [0.2, 0.25) is 0 Å². The van der Waals surface area contributed by atoms with Crippen molar-refractivity contribution in [3.8, 4) is 0 Å². The van der Waals surface area contributed by atoms with E-state index in [1.807, 2.05) is 6.26 Å². The Labute approximate surface area is 54.1 Å². The SMILES string of the molecule is CSC1=COCCC1. The molecule has 0 saturated heterocycles. The van der Waals surface area contributed by atoms with E-state index >= 15 is 0 Å². The fourth-order valence-electron chi connectivity index (χ4n) is 0.691. The largest absolute Gasteiger partial charge is 0.500 e. The summed E-state index contributed by atoms with van der Waals surface area (Å²) in [5, 5.41) is 0. The van der Waals surface area contributed by atoms with E-state index in [0.29, 0.717) is 0 Å². The van der Waals surface area contributed by atoms with Gasteiger partial charge in [0.25, 0.3) is 0 Å². The van der Waals surface area contributed by atoms with E-state index in [2.05, 4.69) is 6.26 Å². The summed E-state index contributed by atoms with van der Waals surface area (Å²) in [4.78, 5) is 1.37. The molecule has 46 valence electrons. The van der Waals surface area contributed by atoms with Gasteiger partial charge < -0.3 is 4.74 Å². The lowest BCUT2D eigenvalue weighted by Crippen LogP contribution is -1.95. The van der Waals surface area contributed by atoms with Gasteiger partial charge in [-0.2, -0.15) is 0 Å². The number of allylic oxidation sites excluding steroid dienone is 1. The molecular formula is C6H10OS. The predicted molar refractivity (Wildman–Crippen MR) is 36.8 cm³/mol. The van der Waals surface area contributed by atoms with Crippen LogP contribution in [0.5, 0.6) is 0 Å². The quantitative estimate of drug-likeness (QED) is 0.537. The summed E-state index contributed by atoms with van der Waals surface area (Å²) in [6.07, 6.45) is 6.35. The molecule has 0 amide bonds. The summed E-state index contributed by atoms with van der Waals surface area (Å²) in [7, 11) is 0. The number of ether oxygens (including phenoxy) is 1. The zero-order valence-electron chi connectivity index (χ0n) is 5.02. The van der Waals surface area contributed by atoms with Crippen LogP contribution in [0.2, 0.25) is 0 Å². The van der Waals surface area contributed by atoms with E-state index in [9.17, 15) is 0 Å². The van der Waals surface area contributed by atoms with E-state index < -0.39 is 0 Å². The topological polar surface area (TPSA) is 9.23 Å². The Kier molecular flexibility index (Phi) is 2.27. The second-order valence-electron chi connectivity index (χ2n) is 1.76. The van der Waals surface area contributed by atoms with Crippen LogP contribution in [0.3, 0.4) is 0 Å². The third-order valence-electron chi connectivity index (χ3n) is 1.16. The van der Waals surface area contributed by atoms with Gasteiger partial charge in [-0.15, -0.1) is 11.8 Å². The van der Waals surface area contributed by atoms with Gasteiger partial charge in [-0.05, 0) is 19.1 Å². The summed E-state index contributed by atoms with van der Waals surface area (Å²) < 4.78 is 5.09. The maximum absolute atomic E-state index is 5.09. The first-order chi connectivity index (χ1) is 3.93. The Hall–Kier alpha value is -0.110. The molecule has 0 fully saturated rings. The minimum atomic E-state index is 0.907. The number of hydrogen-bond acceptors (Lipinski definition) is 2. The second-order valence-corrected chi connectivity index (χ2v) is 2.70. The maximum Gasteiger partial charge on any atom is 0.0923 e.